The van der Waals surface area contributed by atoms with Crippen LogP contribution in [0.15, 0.2) is 0 Å². The third kappa shape index (κ3) is 4.06. The van der Waals surface area contributed by atoms with Crippen molar-refractivity contribution in [2.45, 2.75) is 77.9 Å². The lowest BCUT2D eigenvalue weighted by atomic mass is 9.72. The van der Waals surface area contributed by atoms with Crippen molar-refractivity contribution in [1.82, 2.24) is 0 Å². The van der Waals surface area contributed by atoms with Crippen LogP contribution in [0.5, 0.6) is 0 Å². The summed E-state index contributed by atoms with van der Waals surface area (Å²) in [6, 6.07) is 0.215. The predicted octanol–water partition coefficient (Wildman–Crippen LogP) is 3.49. The van der Waals surface area contributed by atoms with Gasteiger partial charge in [-0.3, -0.25) is 0 Å². The van der Waals surface area contributed by atoms with Crippen LogP contribution in [0, 0.1) is 5.41 Å². The molecule has 0 bridgehead atoms. The number of hydrogen-bond acceptors (Lipinski definition) is 2. The largest absolute Gasteiger partial charge is 0.377 e. The van der Waals surface area contributed by atoms with Crippen LogP contribution in [0.1, 0.15) is 65.7 Å². The molecule has 0 heterocycles. The zero-order valence-electron chi connectivity index (χ0n) is 11.3. The molecule has 1 rings (SSSR count). The molecule has 16 heavy (non-hydrogen) atoms. The first-order valence-corrected chi connectivity index (χ1v) is 6.95. The Labute approximate surface area is 101 Å². The molecule has 0 saturated heterocycles. The van der Waals surface area contributed by atoms with Crippen molar-refractivity contribution >= 4 is 0 Å². The van der Waals surface area contributed by atoms with Crippen LogP contribution in [0.25, 0.3) is 0 Å². The summed E-state index contributed by atoms with van der Waals surface area (Å²) >= 11 is 0. The summed E-state index contributed by atoms with van der Waals surface area (Å²) in [5.74, 6) is 0. The number of unbranched alkanes of at least 4 members (excludes halogenated alkanes) is 3. The standard InChI is InChI=1S/C14H29NO/c1-4-5-6-7-11-16-12-9-8-10-14(2,3)13(12)15/h12-13H,4-11,15H2,1-3H3. The average Bonchev–Trinajstić information content (AvgIpc) is 2.24. The van der Waals surface area contributed by atoms with Gasteiger partial charge in [0.1, 0.15) is 0 Å². The van der Waals surface area contributed by atoms with Crippen LogP contribution in [-0.4, -0.2) is 18.8 Å². The summed E-state index contributed by atoms with van der Waals surface area (Å²) in [5, 5.41) is 0. The van der Waals surface area contributed by atoms with E-state index in [9.17, 15) is 0 Å². The number of nitrogens with two attached hydrogens (primary N) is 1. The molecule has 1 saturated carbocycles. The van der Waals surface area contributed by atoms with E-state index in [0.29, 0.717) is 6.10 Å². The van der Waals surface area contributed by atoms with E-state index >= 15 is 0 Å². The molecular weight excluding hydrogens is 198 g/mol. The van der Waals surface area contributed by atoms with E-state index in [1.54, 1.807) is 0 Å². The van der Waals surface area contributed by atoms with Crippen LogP contribution >= 0.6 is 0 Å². The molecule has 0 amide bonds. The Bertz CT molecular complexity index is 191. The van der Waals surface area contributed by atoms with Crippen molar-refractivity contribution in [2.24, 2.45) is 11.1 Å². The first-order valence-electron chi connectivity index (χ1n) is 6.95. The Morgan fingerprint density at radius 2 is 2.00 bits per heavy atom. The summed E-state index contributed by atoms with van der Waals surface area (Å²) < 4.78 is 5.95. The minimum Gasteiger partial charge on any atom is -0.377 e. The van der Waals surface area contributed by atoms with Crippen LogP contribution in [0.3, 0.4) is 0 Å². The SMILES string of the molecule is CCCCCCOC1CCCC(C)(C)C1N. The summed E-state index contributed by atoms with van der Waals surface area (Å²) in [4.78, 5) is 0. The second-order valence-electron chi connectivity index (χ2n) is 5.88. The van der Waals surface area contributed by atoms with Gasteiger partial charge in [0.05, 0.1) is 6.10 Å². The molecular formula is C14H29NO. The fourth-order valence-corrected chi connectivity index (χ4v) is 2.56. The van der Waals surface area contributed by atoms with Crippen molar-refractivity contribution in [3.63, 3.8) is 0 Å². The van der Waals surface area contributed by atoms with Gasteiger partial charge in [-0.25, -0.2) is 0 Å². The number of hydrogen-bond donors (Lipinski definition) is 1. The van der Waals surface area contributed by atoms with E-state index in [4.69, 9.17) is 10.5 Å². The molecule has 0 radical (unpaired) electrons. The highest BCUT2D eigenvalue weighted by molar-refractivity contribution is 4.91. The second-order valence-corrected chi connectivity index (χ2v) is 5.88. The van der Waals surface area contributed by atoms with Gasteiger partial charge in [0.25, 0.3) is 0 Å². The first kappa shape index (κ1) is 14.0. The van der Waals surface area contributed by atoms with Crippen LogP contribution in [0.2, 0.25) is 0 Å². The molecule has 2 unspecified atom stereocenters. The van der Waals surface area contributed by atoms with Gasteiger partial charge in [0.2, 0.25) is 0 Å². The highest BCUT2D eigenvalue weighted by Crippen LogP contribution is 2.35. The van der Waals surface area contributed by atoms with E-state index in [1.165, 1.54) is 38.5 Å². The first-order chi connectivity index (χ1) is 7.58. The van der Waals surface area contributed by atoms with E-state index in [0.717, 1.165) is 13.0 Å². The molecule has 2 heteroatoms. The van der Waals surface area contributed by atoms with Crippen molar-refractivity contribution in [2.75, 3.05) is 6.61 Å². The topological polar surface area (TPSA) is 35.2 Å². The lowest BCUT2D eigenvalue weighted by molar-refractivity contribution is -0.0255. The van der Waals surface area contributed by atoms with Crippen molar-refractivity contribution < 1.29 is 4.74 Å². The van der Waals surface area contributed by atoms with Gasteiger partial charge >= 0.3 is 0 Å². The molecule has 2 atom stereocenters. The molecule has 1 aliphatic rings. The predicted molar refractivity (Wildman–Crippen MR) is 69.5 cm³/mol. The highest BCUT2D eigenvalue weighted by Gasteiger charge is 2.36. The quantitative estimate of drug-likeness (QED) is 0.705. The molecule has 2 nitrogen and oxygen atoms in total. The van der Waals surface area contributed by atoms with Crippen LogP contribution < -0.4 is 5.73 Å². The Morgan fingerprint density at radius 1 is 1.25 bits per heavy atom. The normalized spacial score (nSPS) is 29.2. The molecule has 1 fully saturated rings. The van der Waals surface area contributed by atoms with Crippen LogP contribution in [-0.2, 0) is 4.74 Å². The van der Waals surface area contributed by atoms with Gasteiger partial charge in [-0.1, -0.05) is 46.5 Å². The molecule has 0 aromatic carbocycles. The maximum absolute atomic E-state index is 6.27. The van der Waals surface area contributed by atoms with Crippen molar-refractivity contribution in [1.29, 1.82) is 0 Å². The van der Waals surface area contributed by atoms with Gasteiger partial charge in [-0.2, -0.15) is 0 Å². The molecule has 0 aromatic heterocycles. The zero-order valence-corrected chi connectivity index (χ0v) is 11.3. The summed E-state index contributed by atoms with van der Waals surface area (Å²) in [6.45, 7) is 7.67. The van der Waals surface area contributed by atoms with E-state index in [2.05, 4.69) is 20.8 Å². The lowest BCUT2D eigenvalue weighted by Gasteiger charge is -2.41. The average molecular weight is 227 g/mol. The Kier molecular flexibility index (Phi) is 5.77. The van der Waals surface area contributed by atoms with Gasteiger partial charge in [-0.15, -0.1) is 0 Å². The highest BCUT2D eigenvalue weighted by atomic mass is 16.5. The van der Waals surface area contributed by atoms with Crippen molar-refractivity contribution in [3.8, 4) is 0 Å². The molecule has 96 valence electrons. The lowest BCUT2D eigenvalue weighted by Crippen LogP contribution is -2.50. The summed E-state index contributed by atoms with van der Waals surface area (Å²) in [7, 11) is 0. The maximum Gasteiger partial charge on any atom is 0.0731 e. The summed E-state index contributed by atoms with van der Waals surface area (Å²) in [5.41, 5.74) is 6.53. The van der Waals surface area contributed by atoms with Crippen LogP contribution in [0.4, 0.5) is 0 Å². The van der Waals surface area contributed by atoms with Gasteiger partial charge in [0, 0.05) is 12.6 Å². The van der Waals surface area contributed by atoms with Gasteiger partial charge in [0.15, 0.2) is 0 Å². The molecule has 0 aliphatic heterocycles. The molecule has 2 N–H and O–H groups in total. The number of ether oxygens (including phenoxy) is 1. The molecule has 0 aromatic rings. The fraction of sp³-hybridized carbons (Fsp3) is 1.00. The third-order valence-corrected chi connectivity index (χ3v) is 3.94. The van der Waals surface area contributed by atoms with Crippen molar-refractivity contribution in [3.05, 3.63) is 0 Å². The Hall–Kier alpha value is -0.0800. The number of rotatable bonds is 6. The monoisotopic (exact) mass is 227 g/mol. The maximum atomic E-state index is 6.27. The zero-order chi connectivity index (χ0) is 12.0. The Morgan fingerprint density at radius 3 is 2.69 bits per heavy atom. The third-order valence-electron chi connectivity index (χ3n) is 3.94. The minimum atomic E-state index is 0.215. The van der Waals surface area contributed by atoms with E-state index < -0.39 is 0 Å². The smallest absolute Gasteiger partial charge is 0.0731 e. The van der Waals surface area contributed by atoms with Gasteiger partial charge < -0.3 is 10.5 Å². The summed E-state index contributed by atoms with van der Waals surface area (Å²) in [6.07, 6.45) is 9.05. The second kappa shape index (κ2) is 6.61. The Balaban J connectivity index is 2.20. The van der Waals surface area contributed by atoms with E-state index in [1.807, 2.05) is 0 Å². The molecule has 1 aliphatic carbocycles. The van der Waals surface area contributed by atoms with Gasteiger partial charge in [-0.05, 0) is 24.7 Å². The van der Waals surface area contributed by atoms with E-state index in [-0.39, 0.29) is 11.5 Å². The molecule has 0 spiro atoms. The fourth-order valence-electron chi connectivity index (χ4n) is 2.56. The minimum absolute atomic E-state index is 0.215.